The van der Waals surface area contributed by atoms with E-state index >= 15 is 0 Å². The molecule has 0 aliphatic heterocycles. The molecule has 0 aliphatic rings. The number of rotatable bonds is 4. The Kier molecular flexibility index (Phi) is 3.78. The number of phenols is 2. The van der Waals surface area contributed by atoms with Crippen LogP contribution in [0.25, 0.3) is 0 Å². The Balaban J connectivity index is 1.93. The molecule has 0 saturated heterocycles. The van der Waals surface area contributed by atoms with Crippen molar-refractivity contribution in [3.05, 3.63) is 40.3 Å². The van der Waals surface area contributed by atoms with Crippen LogP contribution in [0.5, 0.6) is 11.5 Å². The molecule has 18 heavy (non-hydrogen) atoms. The van der Waals surface area contributed by atoms with Crippen LogP contribution in [0.4, 0.5) is 0 Å². The van der Waals surface area contributed by atoms with E-state index in [4.69, 9.17) is 0 Å². The monoisotopic (exact) mass is 264 g/mol. The van der Waals surface area contributed by atoms with E-state index in [1.54, 1.807) is 5.51 Å². The molecule has 1 aromatic carbocycles. The number of aromatic hydroxyl groups is 2. The SMILES string of the molecule is O=C(NCCc1cscn1)c1cccc(O)c1O. The summed E-state index contributed by atoms with van der Waals surface area (Å²) in [6.07, 6.45) is 0.634. The Bertz CT molecular complexity index is 540. The third-order valence-electron chi connectivity index (χ3n) is 2.41. The fourth-order valence-corrected chi connectivity index (χ4v) is 2.07. The summed E-state index contributed by atoms with van der Waals surface area (Å²) in [5.74, 6) is -1.12. The highest BCUT2D eigenvalue weighted by molar-refractivity contribution is 7.07. The summed E-state index contributed by atoms with van der Waals surface area (Å²) in [7, 11) is 0. The number of hydrogen-bond acceptors (Lipinski definition) is 5. The number of carbonyl (C=O) groups excluding carboxylic acids is 1. The van der Waals surface area contributed by atoms with Gasteiger partial charge in [0.05, 0.1) is 16.8 Å². The Labute approximate surface area is 108 Å². The van der Waals surface area contributed by atoms with E-state index in [2.05, 4.69) is 10.3 Å². The van der Waals surface area contributed by atoms with Crippen LogP contribution in [0.1, 0.15) is 16.1 Å². The zero-order valence-electron chi connectivity index (χ0n) is 9.46. The molecule has 0 bridgehead atoms. The third kappa shape index (κ3) is 2.78. The molecular weight excluding hydrogens is 252 g/mol. The Morgan fingerprint density at radius 1 is 1.39 bits per heavy atom. The molecule has 1 amide bonds. The van der Waals surface area contributed by atoms with Gasteiger partial charge in [-0.1, -0.05) is 6.07 Å². The van der Waals surface area contributed by atoms with Gasteiger partial charge in [-0.05, 0) is 12.1 Å². The minimum Gasteiger partial charge on any atom is -0.504 e. The van der Waals surface area contributed by atoms with E-state index in [1.165, 1.54) is 29.5 Å². The standard InChI is InChI=1S/C12H12N2O3S/c15-10-3-1-2-9(11(10)16)12(17)13-5-4-8-6-18-7-14-8/h1-3,6-7,15-16H,4-5H2,(H,13,17). The van der Waals surface area contributed by atoms with E-state index < -0.39 is 11.7 Å². The number of para-hydroxylation sites is 1. The van der Waals surface area contributed by atoms with Crippen molar-refractivity contribution in [2.45, 2.75) is 6.42 Å². The van der Waals surface area contributed by atoms with Crippen molar-refractivity contribution in [3.63, 3.8) is 0 Å². The van der Waals surface area contributed by atoms with Crippen LogP contribution in [0, 0.1) is 0 Å². The first-order valence-electron chi connectivity index (χ1n) is 5.34. The Morgan fingerprint density at radius 3 is 2.94 bits per heavy atom. The van der Waals surface area contributed by atoms with Gasteiger partial charge in [0.25, 0.3) is 5.91 Å². The van der Waals surface area contributed by atoms with E-state index in [0.29, 0.717) is 13.0 Å². The molecule has 2 rings (SSSR count). The molecule has 0 radical (unpaired) electrons. The average molecular weight is 264 g/mol. The van der Waals surface area contributed by atoms with Crippen LogP contribution >= 0.6 is 11.3 Å². The summed E-state index contributed by atoms with van der Waals surface area (Å²) in [6.45, 7) is 0.428. The predicted molar refractivity (Wildman–Crippen MR) is 67.9 cm³/mol. The molecule has 0 fully saturated rings. The van der Waals surface area contributed by atoms with Gasteiger partial charge in [-0.15, -0.1) is 11.3 Å². The second-order valence-electron chi connectivity index (χ2n) is 3.66. The molecule has 2 aromatic rings. The summed E-state index contributed by atoms with van der Waals surface area (Å²) >= 11 is 1.50. The highest BCUT2D eigenvalue weighted by atomic mass is 32.1. The molecule has 0 unspecified atom stereocenters. The van der Waals surface area contributed by atoms with Gasteiger partial charge < -0.3 is 15.5 Å². The van der Waals surface area contributed by atoms with Crippen LogP contribution in [0.3, 0.4) is 0 Å². The fraction of sp³-hybridized carbons (Fsp3) is 0.167. The summed E-state index contributed by atoms with van der Waals surface area (Å²) in [5.41, 5.74) is 2.71. The van der Waals surface area contributed by atoms with Crippen LogP contribution < -0.4 is 5.32 Å². The van der Waals surface area contributed by atoms with Crippen LogP contribution in [0.2, 0.25) is 0 Å². The van der Waals surface area contributed by atoms with Gasteiger partial charge in [0.15, 0.2) is 11.5 Å². The lowest BCUT2D eigenvalue weighted by molar-refractivity contribution is 0.0950. The number of amides is 1. The second kappa shape index (κ2) is 5.50. The zero-order valence-corrected chi connectivity index (χ0v) is 10.3. The normalized spacial score (nSPS) is 10.2. The maximum atomic E-state index is 11.7. The maximum Gasteiger partial charge on any atom is 0.255 e. The van der Waals surface area contributed by atoms with Crippen molar-refractivity contribution in [1.82, 2.24) is 10.3 Å². The highest BCUT2D eigenvalue weighted by Gasteiger charge is 2.13. The number of aromatic nitrogens is 1. The van der Waals surface area contributed by atoms with Crippen LogP contribution in [0.15, 0.2) is 29.1 Å². The minimum atomic E-state index is -0.418. The van der Waals surface area contributed by atoms with Gasteiger partial charge in [-0.25, -0.2) is 4.98 Å². The van der Waals surface area contributed by atoms with Crippen molar-refractivity contribution in [3.8, 4) is 11.5 Å². The smallest absolute Gasteiger partial charge is 0.255 e. The van der Waals surface area contributed by atoms with Gasteiger partial charge in [0, 0.05) is 18.3 Å². The Morgan fingerprint density at radius 2 is 2.22 bits per heavy atom. The molecule has 5 nitrogen and oxygen atoms in total. The first-order valence-corrected chi connectivity index (χ1v) is 6.29. The largest absolute Gasteiger partial charge is 0.504 e. The lowest BCUT2D eigenvalue weighted by atomic mass is 10.1. The summed E-state index contributed by atoms with van der Waals surface area (Å²) in [5, 5.41) is 23.4. The molecule has 3 N–H and O–H groups in total. The first kappa shape index (κ1) is 12.4. The van der Waals surface area contributed by atoms with E-state index in [-0.39, 0.29) is 11.3 Å². The number of nitrogens with zero attached hydrogens (tertiary/aromatic N) is 1. The zero-order chi connectivity index (χ0) is 13.0. The molecule has 6 heteroatoms. The molecule has 0 spiro atoms. The molecular formula is C12H12N2O3S. The first-order chi connectivity index (χ1) is 8.68. The van der Waals surface area contributed by atoms with E-state index in [0.717, 1.165) is 5.69 Å². The number of benzene rings is 1. The van der Waals surface area contributed by atoms with Gasteiger partial charge in [-0.2, -0.15) is 0 Å². The van der Waals surface area contributed by atoms with Crippen molar-refractivity contribution in [1.29, 1.82) is 0 Å². The van der Waals surface area contributed by atoms with Gasteiger partial charge in [0.2, 0.25) is 0 Å². The van der Waals surface area contributed by atoms with Crippen molar-refractivity contribution in [2.75, 3.05) is 6.54 Å². The second-order valence-corrected chi connectivity index (χ2v) is 4.38. The summed E-state index contributed by atoms with van der Waals surface area (Å²) in [6, 6.07) is 4.28. The van der Waals surface area contributed by atoms with E-state index in [9.17, 15) is 15.0 Å². The maximum absolute atomic E-state index is 11.7. The van der Waals surface area contributed by atoms with Crippen molar-refractivity contribution in [2.24, 2.45) is 0 Å². The van der Waals surface area contributed by atoms with Gasteiger partial charge in [-0.3, -0.25) is 4.79 Å². The van der Waals surface area contributed by atoms with Crippen molar-refractivity contribution < 1.29 is 15.0 Å². The molecule has 0 aliphatic carbocycles. The Hall–Kier alpha value is -2.08. The van der Waals surface area contributed by atoms with Gasteiger partial charge in [0.1, 0.15) is 0 Å². The highest BCUT2D eigenvalue weighted by Crippen LogP contribution is 2.27. The predicted octanol–water partition coefficient (Wildman–Crippen LogP) is 1.53. The molecule has 0 saturated carbocycles. The summed E-state index contributed by atoms with van der Waals surface area (Å²) in [4.78, 5) is 15.8. The van der Waals surface area contributed by atoms with Crippen molar-refractivity contribution >= 4 is 17.2 Å². The van der Waals surface area contributed by atoms with Crippen LogP contribution in [-0.4, -0.2) is 27.6 Å². The molecule has 1 heterocycles. The molecule has 0 atom stereocenters. The van der Waals surface area contributed by atoms with E-state index in [1.807, 2.05) is 5.38 Å². The quantitative estimate of drug-likeness (QED) is 0.731. The number of phenolic OH excluding ortho intramolecular Hbond substituents is 2. The average Bonchev–Trinajstić information content (AvgIpc) is 2.85. The fourth-order valence-electron chi connectivity index (χ4n) is 1.47. The number of nitrogens with one attached hydrogen (secondary N) is 1. The summed E-state index contributed by atoms with van der Waals surface area (Å²) < 4.78 is 0. The lowest BCUT2D eigenvalue weighted by Gasteiger charge is -2.06. The number of hydrogen-bond donors (Lipinski definition) is 3. The third-order valence-corrected chi connectivity index (χ3v) is 3.04. The van der Waals surface area contributed by atoms with Gasteiger partial charge >= 0.3 is 0 Å². The number of carbonyl (C=O) groups is 1. The molecule has 94 valence electrons. The van der Waals surface area contributed by atoms with Crippen LogP contribution in [-0.2, 0) is 6.42 Å². The topological polar surface area (TPSA) is 82.5 Å². The molecule has 1 aromatic heterocycles. The minimum absolute atomic E-state index is 0.0632. The lowest BCUT2D eigenvalue weighted by Crippen LogP contribution is -2.25. The number of thiazole rings is 1.